The highest BCUT2D eigenvalue weighted by Crippen LogP contribution is 1.97. The fourth-order valence-corrected chi connectivity index (χ4v) is 0.691. The first kappa shape index (κ1) is 12.4. The first-order valence-electron chi connectivity index (χ1n) is 4.29. The Morgan fingerprint density at radius 3 is 2.64 bits per heavy atom. The SMILES string of the molecule is C=C(/C=C\C=C/C)C(C)=NCC(=O)O. The molecule has 0 aromatic rings. The van der Waals surface area contributed by atoms with Gasteiger partial charge in [0.15, 0.2) is 0 Å². The summed E-state index contributed by atoms with van der Waals surface area (Å²) in [5.41, 5.74) is 1.37. The first-order valence-corrected chi connectivity index (χ1v) is 4.29. The van der Waals surface area contributed by atoms with Crippen LogP contribution in [0.15, 0.2) is 41.4 Å². The summed E-state index contributed by atoms with van der Waals surface area (Å²) in [7, 11) is 0. The molecular weight excluding hydrogens is 178 g/mol. The van der Waals surface area contributed by atoms with E-state index >= 15 is 0 Å². The Labute approximate surface area is 84.2 Å². The molecule has 0 radical (unpaired) electrons. The van der Waals surface area contributed by atoms with Crippen molar-refractivity contribution in [3.05, 3.63) is 36.5 Å². The molecule has 14 heavy (non-hydrogen) atoms. The van der Waals surface area contributed by atoms with Crippen LogP contribution in [0.3, 0.4) is 0 Å². The minimum Gasteiger partial charge on any atom is -0.480 e. The van der Waals surface area contributed by atoms with Crippen molar-refractivity contribution in [2.24, 2.45) is 4.99 Å². The summed E-state index contributed by atoms with van der Waals surface area (Å²) in [6.07, 6.45) is 7.39. The zero-order chi connectivity index (χ0) is 11.0. The third-order valence-electron chi connectivity index (χ3n) is 1.52. The van der Waals surface area contributed by atoms with Crippen LogP contribution < -0.4 is 0 Å². The van der Waals surface area contributed by atoms with Crippen LogP contribution in [-0.4, -0.2) is 23.3 Å². The van der Waals surface area contributed by atoms with Crippen LogP contribution in [0.1, 0.15) is 13.8 Å². The second kappa shape index (κ2) is 6.83. The summed E-state index contributed by atoms with van der Waals surface area (Å²) >= 11 is 0. The van der Waals surface area contributed by atoms with Crippen molar-refractivity contribution >= 4 is 11.7 Å². The van der Waals surface area contributed by atoms with Crippen molar-refractivity contribution < 1.29 is 9.90 Å². The number of carbonyl (C=O) groups is 1. The van der Waals surface area contributed by atoms with Crippen LogP contribution in [-0.2, 0) is 4.79 Å². The van der Waals surface area contributed by atoms with Gasteiger partial charge in [0.2, 0.25) is 0 Å². The van der Waals surface area contributed by atoms with Gasteiger partial charge in [0.25, 0.3) is 0 Å². The van der Waals surface area contributed by atoms with Crippen molar-refractivity contribution in [1.29, 1.82) is 0 Å². The largest absolute Gasteiger partial charge is 0.480 e. The first-order chi connectivity index (χ1) is 6.57. The zero-order valence-corrected chi connectivity index (χ0v) is 8.53. The Balaban J connectivity index is 4.24. The Hall–Kier alpha value is -1.64. The molecule has 0 aliphatic carbocycles. The molecule has 0 aromatic carbocycles. The summed E-state index contributed by atoms with van der Waals surface area (Å²) in [6, 6.07) is 0. The lowest BCUT2D eigenvalue weighted by Crippen LogP contribution is -2.03. The average molecular weight is 193 g/mol. The van der Waals surface area contributed by atoms with E-state index < -0.39 is 5.97 Å². The number of carboxylic acids is 1. The van der Waals surface area contributed by atoms with E-state index in [-0.39, 0.29) is 6.54 Å². The molecule has 0 bridgehead atoms. The van der Waals surface area contributed by atoms with Gasteiger partial charge in [-0.05, 0) is 19.4 Å². The number of nitrogens with zero attached hydrogens (tertiary/aromatic N) is 1. The van der Waals surface area contributed by atoms with E-state index in [1.165, 1.54) is 0 Å². The van der Waals surface area contributed by atoms with Crippen LogP contribution in [0.25, 0.3) is 0 Å². The van der Waals surface area contributed by atoms with Gasteiger partial charge in [-0.15, -0.1) is 0 Å². The van der Waals surface area contributed by atoms with Crippen molar-refractivity contribution in [2.75, 3.05) is 6.54 Å². The van der Waals surface area contributed by atoms with Crippen LogP contribution >= 0.6 is 0 Å². The predicted octanol–water partition coefficient (Wildman–Crippen LogP) is 2.22. The molecule has 3 nitrogen and oxygen atoms in total. The summed E-state index contributed by atoms with van der Waals surface area (Å²) in [4.78, 5) is 14.1. The molecule has 0 saturated carbocycles. The highest BCUT2D eigenvalue weighted by Gasteiger charge is 1.96. The Kier molecular flexibility index (Phi) is 6.03. The molecule has 76 valence electrons. The average Bonchev–Trinajstić information content (AvgIpc) is 2.14. The molecule has 0 unspecified atom stereocenters. The van der Waals surface area contributed by atoms with Crippen LogP contribution in [0.2, 0.25) is 0 Å². The van der Waals surface area contributed by atoms with Crippen molar-refractivity contribution in [2.45, 2.75) is 13.8 Å². The van der Waals surface area contributed by atoms with E-state index in [0.717, 1.165) is 5.57 Å². The molecule has 0 amide bonds. The normalized spacial score (nSPS) is 12.6. The van der Waals surface area contributed by atoms with Gasteiger partial charge >= 0.3 is 5.97 Å². The number of carboxylic acid groups (broad SMARTS) is 1. The van der Waals surface area contributed by atoms with Gasteiger partial charge in [0.05, 0.1) is 0 Å². The molecular formula is C11H15NO2. The van der Waals surface area contributed by atoms with Crippen LogP contribution in [0.5, 0.6) is 0 Å². The molecule has 1 N–H and O–H groups in total. The highest BCUT2D eigenvalue weighted by molar-refractivity contribution is 6.00. The van der Waals surface area contributed by atoms with E-state index in [2.05, 4.69) is 11.6 Å². The zero-order valence-electron chi connectivity index (χ0n) is 8.53. The number of hydrogen-bond donors (Lipinski definition) is 1. The fraction of sp³-hybridized carbons (Fsp3) is 0.273. The standard InChI is InChI=1S/C11H15NO2/c1-4-5-6-7-9(2)10(3)12-8-11(13)14/h4-7H,2,8H2,1,3H3,(H,13,14)/b5-4-,7-6-,12-10?. The number of hydrogen-bond acceptors (Lipinski definition) is 2. The topological polar surface area (TPSA) is 49.7 Å². The highest BCUT2D eigenvalue weighted by atomic mass is 16.4. The van der Waals surface area contributed by atoms with Gasteiger partial charge < -0.3 is 5.11 Å². The van der Waals surface area contributed by atoms with Crippen molar-refractivity contribution in [3.8, 4) is 0 Å². The molecule has 0 aliphatic heterocycles. The summed E-state index contributed by atoms with van der Waals surface area (Å²) in [5.74, 6) is -0.936. The van der Waals surface area contributed by atoms with Crippen molar-refractivity contribution in [3.63, 3.8) is 0 Å². The quantitative estimate of drug-likeness (QED) is 0.537. The van der Waals surface area contributed by atoms with Crippen LogP contribution in [0.4, 0.5) is 0 Å². The summed E-state index contributed by atoms with van der Waals surface area (Å²) in [5, 5.41) is 8.39. The van der Waals surface area contributed by atoms with E-state index in [0.29, 0.717) is 5.71 Å². The summed E-state index contributed by atoms with van der Waals surface area (Å²) < 4.78 is 0. The lowest BCUT2D eigenvalue weighted by atomic mass is 10.2. The molecule has 0 fully saturated rings. The second-order valence-electron chi connectivity index (χ2n) is 2.71. The third kappa shape index (κ3) is 5.94. The lowest BCUT2D eigenvalue weighted by Gasteiger charge is -1.97. The smallest absolute Gasteiger partial charge is 0.325 e. The maximum atomic E-state index is 10.2. The van der Waals surface area contributed by atoms with Gasteiger partial charge in [-0.25, -0.2) is 0 Å². The maximum absolute atomic E-state index is 10.2. The molecule has 0 saturated heterocycles. The van der Waals surface area contributed by atoms with E-state index in [4.69, 9.17) is 5.11 Å². The maximum Gasteiger partial charge on any atom is 0.325 e. The molecule has 0 heterocycles. The van der Waals surface area contributed by atoms with Gasteiger partial charge in [0, 0.05) is 5.71 Å². The van der Waals surface area contributed by atoms with E-state index in [9.17, 15) is 4.79 Å². The number of aliphatic imine (C=N–C) groups is 1. The Morgan fingerprint density at radius 1 is 1.50 bits per heavy atom. The van der Waals surface area contributed by atoms with Gasteiger partial charge in [-0.3, -0.25) is 9.79 Å². The minimum atomic E-state index is -0.936. The third-order valence-corrected chi connectivity index (χ3v) is 1.52. The van der Waals surface area contributed by atoms with E-state index in [1.54, 1.807) is 13.0 Å². The molecule has 0 rings (SSSR count). The molecule has 0 atom stereocenters. The minimum absolute atomic E-state index is 0.206. The Morgan fingerprint density at radius 2 is 2.14 bits per heavy atom. The lowest BCUT2D eigenvalue weighted by molar-refractivity contribution is -0.135. The Bertz CT molecular complexity index is 298. The van der Waals surface area contributed by atoms with Crippen molar-refractivity contribution in [1.82, 2.24) is 0 Å². The molecule has 0 aromatic heterocycles. The molecule has 0 aliphatic rings. The predicted molar refractivity (Wildman–Crippen MR) is 58.7 cm³/mol. The van der Waals surface area contributed by atoms with Crippen LogP contribution in [0, 0.1) is 0 Å². The number of aliphatic carboxylic acids is 1. The fourth-order valence-electron chi connectivity index (χ4n) is 0.691. The monoisotopic (exact) mass is 193 g/mol. The van der Waals surface area contributed by atoms with E-state index in [1.807, 2.05) is 25.2 Å². The molecule has 3 heteroatoms. The number of allylic oxidation sites excluding steroid dienone is 5. The molecule has 0 spiro atoms. The summed E-state index contributed by atoms with van der Waals surface area (Å²) in [6.45, 7) is 7.21. The van der Waals surface area contributed by atoms with Gasteiger partial charge in [0.1, 0.15) is 6.54 Å². The van der Waals surface area contributed by atoms with Gasteiger partial charge in [-0.1, -0.05) is 30.9 Å². The van der Waals surface area contributed by atoms with Gasteiger partial charge in [-0.2, -0.15) is 0 Å². The second-order valence-corrected chi connectivity index (χ2v) is 2.71. The number of rotatable bonds is 5.